The van der Waals surface area contributed by atoms with Gasteiger partial charge in [-0.2, -0.15) is 0 Å². The second kappa shape index (κ2) is 15.4. The number of halogens is 2. The second-order valence-corrected chi connectivity index (χ2v) is 13.7. The number of rotatable bonds is 13. The zero-order chi connectivity index (χ0) is 31.7. The van der Waals surface area contributed by atoms with Gasteiger partial charge in [0, 0.05) is 28.5 Å². The van der Waals surface area contributed by atoms with E-state index in [9.17, 15) is 18.0 Å². The van der Waals surface area contributed by atoms with Crippen molar-refractivity contribution < 1.29 is 18.0 Å². The molecule has 2 amide bonds. The monoisotopic (exact) mass is 695 g/mol. The Morgan fingerprint density at radius 2 is 1.50 bits per heavy atom. The number of hydrogen-bond donors (Lipinski definition) is 1. The average Bonchev–Trinajstić information content (AvgIpc) is 3.03. The maximum Gasteiger partial charge on any atom is 0.264 e. The Bertz CT molecular complexity index is 1660. The highest BCUT2D eigenvalue weighted by Crippen LogP contribution is 2.27. The van der Waals surface area contributed by atoms with Gasteiger partial charge in [-0.1, -0.05) is 101 Å². The molecule has 10 heteroatoms. The minimum Gasteiger partial charge on any atom is -0.352 e. The van der Waals surface area contributed by atoms with Crippen LogP contribution in [0.1, 0.15) is 31.4 Å². The van der Waals surface area contributed by atoms with Crippen LogP contribution < -0.4 is 9.62 Å². The Hall–Kier alpha value is -3.66. The third-order valence-electron chi connectivity index (χ3n) is 7.24. The predicted molar refractivity (Wildman–Crippen MR) is 179 cm³/mol. The average molecular weight is 697 g/mol. The minimum atomic E-state index is -4.19. The Morgan fingerprint density at radius 3 is 2.11 bits per heavy atom. The van der Waals surface area contributed by atoms with Crippen LogP contribution in [0, 0.1) is 0 Å². The van der Waals surface area contributed by atoms with Crippen molar-refractivity contribution in [1.82, 2.24) is 10.2 Å². The van der Waals surface area contributed by atoms with Gasteiger partial charge in [0.15, 0.2) is 0 Å². The Labute approximate surface area is 273 Å². The maximum absolute atomic E-state index is 14.5. The van der Waals surface area contributed by atoms with Gasteiger partial charge >= 0.3 is 0 Å². The molecule has 4 aromatic rings. The Morgan fingerprint density at radius 1 is 0.864 bits per heavy atom. The highest BCUT2D eigenvalue weighted by atomic mass is 79.9. The Kier molecular flexibility index (Phi) is 11.6. The van der Waals surface area contributed by atoms with Crippen LogP contribution in [0.15, 0.2) is 119 Å². The summed E-state index contributed by atoms with van der Waals surface area (Å²) in [6.45, 7) is 3.42. The van der Waals surface area contributed by atoms with E-state index < -0.39 is 28.5 Å². The van der Waals surface area contributed by atoms with E-state index in [1.54, 1.807) is 36.4 Å². The first-order chi connectivity index (χ1) is 21.1. The smallest absolute Gasteiger partial charge is 0.264 e. The lowest BCUT2D eigenvalue weighted by Crippen LogP contribution is -2.54. The number of nitrogens with zero attached hydrogens (tertiary/aromatic N) is 2. The number of amides is 2. The van der Waals surface area contributed by atoms with Crippen molar-refractivity contribution in [2.45, 2.75) is 50.2 Å². The fraction of sp³-hybridized carbons (Fsp3) is 0.235. The van der Waals surface area contributed by atoms with E-state index in [1.807, 2.05) is 68.4 Å². The molecule has 0 radical (unpaired) electrons. The van der Waals surface area contributed by atoms with Crippen molar-refractivity contribution in [1.29, 1.82) is 0 Å². The van der Waals surface area contributed by atoms with Gasteiger partial charge in [-0.15, -0.1) is 0 Å². The maximum atomic E-state index is 14.5. The SMILES string of the molecule is CC[C@@H](C)NC(=O)[C@@H](Cc1ccccc1)N(Cc1ccc(Br)cc1)C(=O)CN(c1cccc(Cl)c1)S(=O)(=O)c1ccccc1. The molecule has 2 atom stereocenters. The third-order valence-corrected chi connectivity index (χ3v) is 9.80. The number of hydrogen-bond acceptors (Lipinski definition) is 4. The lowest BCUT2D eigenvalue weighted by Gasteiger charge is -2.34. The lowest BCUT2D eigenvalue weighted by molar-refractivity contribution is -0.140. The number of carbonyl (C=O) groups is 2. The molecule has 0 aromatic heterocycles. The molecule has 0 fully saturated rings. The van der Waals surface area contributed by atoms with Crippen LogP contribution in [-0.4, -0.2) is 43.8 Å². The van der Waals surface area contributed by atoms with Crippen molar-refractivity contribution in [2.75, 3.05) is 10.8 Å². The number of carbonyl (C=O) groups excluding carboxylic acids is 2. The van der Waals surface area contributed by atoms with Crippen LogP contribution in [0.3, 0.4) is 0 Å². The first-order valence-corrected chi connectivity index (χ1v) is 16.9. The highest BCUT2D eigenvalue weighted by Gasteiger charge is 2.35. The summed E-state index contributed by atoms with van der Waals surface area (Å²) in [5, 5.41) is 3.36. The molecule has 0 saturated carbocycles. The zero-order valence-electron chi connectivity index (χ0n) is 24.6. The summed E-state index contributed by atoms with van der Waals surface area (Å²) >= 11 is 9.73. The summed E-state index contributed by atoms with van der Waals surface area (Å²) in [7, 11) is -4.19. The standard InChI is InChI=1S/C34H35BrClN3O4S/c1-3-25(2)37-34(41)32(21-26-11-6-4-7-12-26)38(23-27-17-19-28(35)20-18-27)33(40)24-39(30-14-10-13-29(36)22-30)44(42,43)31-15-8-5-9-16-31/h4-20,22,25,32H,3,21,23-24H2,1-2H3,(H,37,41)/t25-,32-/m1/s1. The van der Waals surface area contributed by atoms with Crippen LogP contribution in [0.2, 0.25) is 5.02 Å². The molecule has 0 aliphatic carbocycles. The lowest BCUT2D eigenvalue weighted by atomic mass is 10.0. The molecule has 0 unspecified atom stereocenters. The molecule has 0 heterocycles. The summed E-state index contributed by atoms with van der Waals surface area (Å²) in [6, 6.07) is 30.2. The second-order valence-electron chi connectivity index (χ2n) is 10.5. The van der Waals surface area contributed by atoms with Gasteiger partial charge in [0.05, 0.1) is 10.6 Å². The van der Waals surface area contributed by atoms with E-state index in [1.165, 1.54) is 23.1 Å². The van der Waals surface area contributed by atoms with Gasteiger partial charge in [-0.25, -0.2) is 8.42 Å². The number of benzene rings is 4. The summed E-state index contributed by atoms with van der Waals surface area (Å²) in [5.41, 5.74) is 1.90. The number of anilines is 1. The van der Waals surface area contributed by atoms with Crippen LogP contribution in [-0.2, 0) is 32.6 Å². The van der Waals surface area contributed by atoms with Gasteiger partial charge in [-0.3, -0.25) is 13.9 Å². The van der Waals surface area contributed by atoms with E-state index in [0.717, 1.165) is 19.9 Å². The zero-order valence-corrected chi connectivity index (χ0v) is 27.7. The molecule has 44 heavy (non-hydrogen) atoms. The van der Waals surface area contributed by atoms with Crippen LogP contribution in [0.5, 0.6) is 0 Å². The molecular formula is C34H35BrClN3O4S. The largest absolute Gasteiger partial charge is 0.352 e. The van der Waals surface area contributed by atoms with Crippen LogP contribution in [0.4, 0.5) is 5.69 Å². The molecule has 0 aliphatic rings. The third kappa shape index (κ3) is 8.71. The molecule has 4 aromatic carbocycles. The van der Waals surface area contributed by atoms with E-state index in [0.29, 0.717) is 11.4 Å². The molecule has 0 spiro atoms. The molecule has 1 N–H and O–H groups in total. The van der Waals surface area contributed by atoms with Crippen LogP contribution in [0.25, 0.3) is 0 Å². The molecule has 4 rings (SSSR count). The normalized spacial score (nSPS) is 12.6. The van der Waals surface area contributed by atoms with E-state index in [2.05, 4.69) is 21.2 Å². The number of nitrogens with one attached hydrogen (secondary N) is 1. The fourth-order valence-electron chi connectivity index (χ4n) is 4.66. The van der Waals surface area contributed by atoms with E-state index >= 15 is 0 Å². The quantitative estimate of drug-likeness (QED) is 0.166. The molecule has 0 aliphatic heterocycles. The fourth-order valence-corrected chi connectivity index (χ4v) is 6.54. The van der Waals surface area contributed by atoms with Gasteiger partial charge in [0.1, 0.15) is 12.6 Å². The summed E-state index contributed by atoms with van der Waals surface area (Å²) in [5.74, 6) is -0.846. The summed E-state index contributed by atoms with van der Waals surface area (Å²) < 4.78 is 29.9. The van der Waals surface area contributed by atoms with E-state index in [-0.39, 0.29) is 35.5 Å². The Balaban J connectivity index is 1.80. The van der Waals surface area contributed by atoms with Crippen molar-refractivity contribution in [3.63, 3.8) is 0 Å². The first-order valence-electron chi connectivity index (χ1n) is 14.3. The summed E-state index contributed by atoms with van der Waals surface area (Å²) in [4.78, 5) is 29.8. The first kappa shape index (κ1) is 33.2. The van der Waals surface area contributed by atoms with Crippen LogP contribution >= 0.6 is 27.5 Å². The molecule has 230 valence electrons. The molecule has 7 nitrogen and oxygen atoms in total. The number of sulfonamides is 1. The van der Waals surface area contributed by atoms with Gasteiger partial charge in [0.2, 0.25) is 11.8 Å². The minimum absolute atomic E-state index is 0.0302. The molecule has 0 bridgehead atoms. The van der Waals surface area contributed by atoms with Crippen molar-refractivity contribution in [2.24, 2.45) is 0 Å². The molecular weight excluding hydrogens is 662 g/mol. The molecule has 0 saturated heterocycles. The summed E-state index contributed by atoms with van der Waals surface area (Å²) in [6.07, 6.45) is 0.955. The van der Waals surface area contributed by atoms with Crippen molar-refractivity contribution in [3.8, 4) is 0 Å². The van der Waals surface area contributed by atoms with Gasteiger partial charge < -0.3 is 10.2 Å². The topological polar surface area (TPSA) is 86.8 Å². The van der Waals surface area contributed by atoms with Crippen molar-refractivity contribution >= 4 is 55.1 Å². The van der Waals surface area contributed by atoms with Gasteiger partial charge in [-0.05, 0) is 66.9 Å². The van der Waals surface area contributed by atoms with Crippen molar-refractivity contribution in [3.05, 3.63) is 130 Å². The van der Waals surface area contributed by atoms with Gasteiger partial charge in [0.25, 0.3) is 10.0 Å². The van der Waals surface area contributed by atoms with E-state index in [4.69, 9.17) is 11.6 Å². The predicted octanol–water partition coefficient (Wildman–Crippen LogP) is 6.85. The highest BCUT2D eigenvalue weighted by molar-refractivity contribution is 9.10.